The van der Waals surface area contributed by atoms with Gasteiger partial charge < -0.3 is 20.1 Å². The summed E-state index contributed by atoms with van der Waals surface area (Å²) in [6.07, 6.45) is 6.18. The van der Waals surface area contributed by atoms with Crippen LogP contribution in [0.5, 0.6) is 11.5 Å². The molecule has 6 heteroatoms. The molecule has 1 saturated carbocycles. The van der Waals surface area contributed by atoms with Gasteiger partial charge in [0.1, 0.15) is 0 Å². The van der Waals surface area contributed by atoms with Gasteiger partial charge in [-0.25, -0.2) is 0 Å². The Hall–Kier alpha value is -1.72. The van der Waals surface area contributed by atoms with Crippen LogP contribution in [0.15, 0.2) is 24.3 Å². The summed E-state index contributed by atoms with van der Waals surface area (Å²) in [7, 11) is 1.60. The van der Waals surface area contributed by atoms with Crippen LogP contribution in [-0.4, -0.2) is 43.7 Å². The SMILES string of the molecule is C/C=C/c1ccc(OCC(=O)N2CC3CCC(N)C3C2)c(OC)c1.Cl. The van der Waals surface area contributed by atoms with E-state index in [9.17, 15) is 4.79 Å². The normalized spacial score (nSPS) is 24.9. The average Bonchev–Trinajstić information content (AvgIpc) is 3.16. The minimum absolute atomic E-state index is 0. The van der Waals surface area contributed by atoms with Crippen LogP contribution in [0.25, 0.3) is 6.08 Å². The van der Waals surface area contributed by atoms with Gasteiger partial charge in [-0.1, -0.05) is 18.2 Å². The number of benzene rings is 1. The van der Waals surface area contributed by atoms with Crippen molar-refractivity contribution in [3.8, 4) is 11.5 Å². The molecule has 1 aromatic carbocycles. The van der Waals surface area contributed by atoms with Crippen LogP contribution in [0.3, 0.4) is 0 Å². The lowest BCUT2D eigenvalue weighted by atomic mass is 9.98. The molecule has 3 atom stereocenters. The molecule has 5 nitrogen and oxygen atoms in total. The third kappa shape index (κ3) is 4.28. The number of allylic oxidation sites excluding steroid dienone is 1. The first-order chi connectivity index (χ1) is 11.6. The maximum absolute atomic E-state index is 12.4. The van der Waals surface area contributed by atoms with Gasteiger partial charge in [0.15, 0.2) is 18.1 Å². The monoisotopic (exact) mass is 366 g/mol. The number of rotatable bonds is 5. The first-order valence-corrected chi connectivity index (χ1v) is 8.59. The predicted octanol–water partition coefficient (Wildman–Crippen LogP) is 2.72. The van der Waals surface area contributed by atoms with Gasteiger partial charge >= 0.3 is 0 Å². The fraction of sp³-hybridized carbons (Fsp3) is 0.526. The summed E-state index contributed by atoms with van der Waals surface area (Å²) in [5.74, 6) is 2.28. The number of fused-ring (bicyclic) bond motifs is 1. The highest BCUT2D eigenvalue weighted by atomic mass is 35.5. The molecule has 25 heavy (non-hydrogen) atoms. The first kappa shape index (κ1) is 19.6. The molecule has 0 bridgehead atoms. The minimum atomic E-state index is 0. The summed E-state index contributed by atoms with van der Waals surface area (Å²) in [6, 6.07) is 5.93. The van der Waals surface area contributed by atoms with E-state index in [1.165, 1.54) is 0 Å². The molecule has 2 fully saturated rings. The molecule has 138 valence electrons. The third-order valence-electron chi connectivity index (χ3n) is 5.16. The quantitative estimate of drug-likeness (QED) is 0.870. The number of hydrogen-bond acceptors (Lipinski definition) is 4. The van der Waals surface area contributed by atoms with E-state index in [2.05, 4.69) is 0 Å². The fourth-order valence-corrected chi connectivity index (χ4v) is 3.84. The molecule has 0 spiro atoms. The summed E-state index contributed by atoms with van der Waals surface area (Å²) in [4.78, 5) is 14.3. The topological polar surface area (TPSA) is 64.8 Å². The molecule has 2 aliphatic rings. The lowest BCUT2D eigenvalue weighted by Gasteiger charge is -2.19. The van der Waals surface area contributed by atoms with E-state index in [1.807, 2.05) is 42.2 Å². The Labute approximate surface area is 155 Å². The van der Waals surface area contributed by atoms with Gasteiger partial charge in [0.05, 0.1) is 7.11 Å². The molecule has 0 radical (unpaired) electrons. The van der Waals surface area contributed by atoms with Gasteiger partial charge in [0.2, 0.25) is 0 Å². The molecule has 3 rings (SSSR count). The molecule has 1 aliphatic carbocycles. The molecular weight excluding hydrogens is 340 g/mol. The van der Waals surface area contributed by atoms with E-state index in [1.54, 1.807) is 7.11 Å². The van der Waals surface area contributed by atoms with Crippen molar-refractivity contribution < 1.29 is 14.3 Å². The van der Waals surface area contributed by atoms with Gasteiger partial charge in [-0.05, 0) is 49.3 Å². The number of nitrogens with two attached hydrogens (primary N) is 1. The highest BCUT2D eigenvalue weighted by molar-refractivity contribution is 5.85. The Morgan fingerprint density at radius 1 is 1.32 bits per heavy atom. The Kier molecular flexibility index (Phi) is 6.73. The molecule has 1 aromatic rings. The Bertz CT molecular complexity index is 635. The Morgan fingerprint density at radius 2 is 2.12 bits per heavy atom. The van der Waals surface area contributed by atoms with Crippen molar-refractivity contribution in [2.45, 2.75) is 25.8 Å². The van der Waals surface area contributed by atoms with E-state index in [4.69, 9.17) is 15.2 Å². The number of likely N-dealkylation sites (tertiary alicyclic amines) is 1. The smallest absolute Gasteiger partial charge is 0.260 e. The Morgan fingerprint density at radius 3 is 2.80 bits per heavy atom. The van der Waals surface area contributed by atoms with E-state index in [0.717, 1.165) is 31.5 Å². The molecule has 1 aliphatic heterocycles. The number of methoxy groups -OCH3 is 1. The summed E-state index contributed by atoms with van der Waals surface area (Å²) < 4.78 is 11.1. The van der Waals surface area contributed by atoms with Gasteiger partial charge in [-0.3, -0.25) is 4.79 Å². The number of carbonyl (C=O) groups is 1. The fourth-order valence-electron chi connectivity index (χ4n) is 3.84. The second-order valence-corrected chi connectivity index (χ2v) is 6.66. The summed E-state index contributed by atoms with van der Waals surface area (Å²) in [5.41, 5.74) is 7.17. The molecular formula is C19H27ClN2O3. The zero-order chi connectivity index (χ0) is 17.1. The van der Waals surface area contributed by atoms with Crippen LogP contribution < -0.4 is 15.2 Å². The summed E-state index contributed by atoms with van der Waals surface area (Å²) in [6.45, 7) is 3.59. The molecule has 1 heterocycles. The van der Waals surface area contributed by atoms with Crippen LogP contribution in [0.2, 0.25) is 0 Å². The van der Waals surface area contributed by atoms with Crippen LogP contribution in [-0.2, 0) is 4.79 Å². The van der Waals surface area contributed by atoms with Crippen LogP contribution in [0.1, 0.15) is 25.3 Å². The highest BCUT2D eigenvalue weighted by Crippen LogP contribution is 2.37. The maximum Gasteiger partial charge on any atom is 0.260 e. The van der Waals surface area contributed by atoms with Crippen LogP contribution >= 0.6 is 12.4 Å². The summed E-state index contributed by atoms with van der Waals surface area (Å²) >= 11 is 0. The predicted molar refractivity (Wildman–Crippen MR) is 101 cm³/mol. The largest absolute Gasteiger partial charge is 0.493 e. The average molecular weight is 367 g/mol. The minimum Gasteiger partial charge on any atom is -0.493 e. The van der Waals surface area contributed by atoms with Gasteiger partial charge in [0, 0.05) is 19.1 Å². The van der Waals surface area contributed by atoms with E-state index >= 15 is 0 Å². The van der Waals surface area contributed by atoms with E-state index in [0.29, 0.717) is 23.3 Å². The van der Waals surface area contributed by atoms with E-state index in [-0.39, 0.29) is 31.0 Å². The third-order valence-corrected chi connectivity index (χ3v) is 5.16. The Balaban J connectivity index is 0.00000225. The van der Waals surface area contributed by atoms with Gasteiger partial charge in [-0.15, -0.1) is 12.4 Å². The lowest BCUT2D eigenvalue weighted by molar-refractivity contribution is -0.132. The molecule has 0 aromatic heterocycles. The number of nitrogens with zero attached hydrogens (tertiary/aromatic N) is 1. The zero-order valence-electron chi connectivity index (χ0n) is 14.8. The second-order valence-electron chi connectivity index (χ2n) is 6.66. The van der Waals surface area contributed by atoms with Gasteiger partial charge in [0.25, 0.3) is 5.91 Å². The van der Waals surface area contributed by atoms with E-state index < -0.39 is 0 Å². The van der Waals surface area contributed by atoms with Crippen molar-refractivity contribution >= 4 is 24.4 Å². The second kappa shape index (κ2) is 8.59. The van der Waals surface area contributed by atoms with Crippen molar-refractivity contribution in [3.05, 3.63) is 29.8 Å². The van der Waals surface area contributed by atoms with Crippen molar-refractivity contribution in [3.63, 3.8) is 0 Å². The number of hydrogen-bond donors (Lipinski definition) is 1. The van der Waals surface area contributed by atoms with Crippen LogP contribution in [0.4, 0.5) is 0 Å². The number of carbonyl (C=O) groups excluding carboxylic acids is 1. The highest BCUT2D eigenvalue weighted by Gasteiger charge is 2.42. The molecule has 2 N–H and O–H groups in total. The zero-order valence-corrected chi connectivity index (χ0v) is 15.6. The van der Waals surface area contributed by atoms with Crippen molar-refractivity contribution in [2.24, 2.45) is 17.6 Å². The van der Waals surface area contributed by atoms with Crippen LogP contribution in [0, 0.1) is 11.8 Å². The standard InChI is InChI=1S/C19H26N2O3.ClH/c1-3-4-13-5-8-17(18(9-13)23-2)24-12-19(22)21-10-14-6-7-16(20)15(14)11-21;/h3-5,8-9,14-16H,6-7,10-12,20H2,1-2H3;1H/b4-3+;. The van der Waals surface area contributed by atoms with Gasteiger partial charge in [-0.2, -0.15) is 0 Å². The first-order valence-electron chi connectivity index (χ1n) is 8.59. The van der Waals surface area contributed by atoms with Crippen molar-refractivity contribution in [2.75, 3.05) is 26.8 Å². The molecule has 3 unspecified atom stereocenters. The van der Waals surface area contributed by atoms with Crippen molar-refractivity contribution in [1.29, 1.82) is 0 Å². The maximum atomic E-state index is 12.4. The number of ether oxygens (including phenoxy) is 2. The number of halogens is 1. The summed E-state index contributed by atoms with van der Waals surface area (Å²) in [5, 5.41) is 0. The molecule has 1 amide bonds. The van der Waals surface area contributed by atoms with Crippen molar-refractivity contribution in [1.82, 2.24) is 4.90 Å². The molecule has 1 saturated heterocycles. The number of amides is 1. The lowest BCUT2D eigenvalue weighted by Crippen LogP contribution is -2.36.